The highest BCUT2D eigenvalue weighted by Gasteiger charge is 2.35. The standard InChI is InChI=1S/C24H28N4O4S2/c1-16-21(13-20(33-16)22-26-24(32-27-22)18-9-5-10-18)34(30,31)28-12-6-11-19(15-28)23(29)25-14-17-7-3-2-4-8-17/h2-4,7-8,13,18-19H,5-6,9-12,14-15H2,1H3,(H,25,29). The van der Waals surface area contributed by atoms with Crippen molar-refractivity contribution in [1.29, 1.82) is 0 Å². The Morgan fingerprint density at radius 1 is 1.21 bits per heavy atom. The minimum atomic E-state index is -3.74. The molecule has 1 atom stereocenters. The van der Waals surface area contributed by atoms with E-state index in [9.17, 15) is 13.2 Å². The fourth-order valence-electron chi connectivity index (χ4n) is 4.43. The molecule has 2 fully saturated rings. The van der Waals surface area contributed by atoms with Gasteiger partial charge in [-0.15, -0.1) is 11.3 Å². The van der Waals surface area contributed by atoms with Crippen molar-refractivity contribution in [2.45, 2.75) is 56.4 Å². The van der Waals surface area contributed by atoms with Crippen molar-refractivity contribution in [3.63, 3.8) is 0 Å². The van der Waals surface area contributed by atoms with E-state index in [2.05, 4.69) is 15.5 Å². The zero-order valence-corrected chi connectivity index (χ0v) is 20.7. The van der Waals surface area contributed by atoms with Crippen LogP contribution in [0.5, 0.6) is 0 Å². The number of nitrogens with zero attached hydrogens (tertiary/aromatic N) is 3. The lowest BCUT2D eigenvalue weighted by molar-refractivity contribution is -0.126. The van der Waals surface area contributed by atoms with Crippen LogP contribution in [-0.4, -0.2) is 41.9 Å². The number of piperidine rings is 1. The van der Waals surface area contributed by atoms with Gasteiger partial charge in [-0.1, -0.05) is 41.9 Å². The summed E-state index contributed by atoms with van der Waals surface area (Å²) in [6.07, 6.45) is 4.60. The summed E-state index contributed by atoms with van der Waals surface area (Å²) in [4.78, 5) is 18.9. The van der Waals surface area contributed by atoms with Gasteiger partial charge >= 0.3 is 0 Å². The van der Waals surface area contributed by atoms with Gasteiger partial charge in [0, 0.05) is 30.4 Å². The largest absolute Gasteiger partial charge is 0.352 e. The normalized spacial score (nSPS) is 19.6. The van der Waals surface area contributed by atoms with E-state index in [0.29, 0.717) is 53.3 Å². The molecule has 1 unspecified atom stereocenters. The number of benzene rings is 1. The summed E-state index contributed by atoms with van der Waals surface area (Å²) in [6.45, 7) is 2.82. The summed E-state index contributed by atoms with van der Waals surface area (Å²) in [5, 5.41) is 7.04. The highest BCUT2D eigenvalue weighted by Crippen LogP contribution is 2.38. The molecule has 10 heteroatoms. The van der Waals surface area contributed by atoms with Crippen molar-refractivity contribution in [3.8, 4) is 10.7 Å². The number of aromatic nitrogens is 2. The van der Waals surface area contributed by atoms with Crippen LogP contribution in [0.1, 0.15) is 54.4 Å². The van der Waals surface area contributed by atoms with E-state index in [1.165, 1.54) is 22.1 Å². The molecule has 2 aromatic heterocycles. The van der Waals surface area contributed by atoms with E-state index in [1.807, 2.05) is 30.3 Å². The Hall–Kier alpha value is -2.56. The summed E-state index contributed by atoms with van der Waals surface area (Å²) in [5.41, 5.74) is 1.01. The molecule has 3 aromatic rings. The van der Waals surface area contributed by atoms with Crippen molar-refractivity contribution < 1.29 is 17.7 Å². The summed E-state index contributed by atoms with van der Waals surface area (Å²) in [7, 11) is -3.74. The van der Waals surface area contributed by atoms with Gasteiger partial charge in [0.2, 0.25) is 27.6 Å². The minimum Gasteiger partial charge on any atom is -0.352 e. The number of nitrogens with one attached hydrogen (secondary N) is 1. The molecule has 0 radical (unpaired) electrons. The zero-order chi connectivity index (χ0) is 23.7. The van der Waals surface area contributed by atoms with Crippen molar-refractivity contribution in [2.24, 2.45) is 5.92 Å². The van der Waals surface area contributed by atoms with E-state index < -0.39 is 10.0 Å². The van der Waals surface area contributed by atoms with Crippen LogP contribution >= 0.6 is 11.3 Å². The molecule has 1 aliphatic carbocycles. The lowest BCUT2D eigenvalue weighted by Crippen LogP contribution is -2.45. The summed E-state index contributed by atoms with van der Waals surface area (Å²) < 4.78 is 33.9. The number of thiophene rings is 1. The highest BCUT2D eigenvalue weighted by atomic mass is 32.2. The SMILES string of the molecule is Cc1sc(-c2noc(C3CCC3)n2)cc1S(=O)(=O)N1CCCC(C(=O)NCc2ccccc2)C1. The summed E-state index contributed by atoms with van der Waals surface area (Å²) in [5.74, 6) is 0.920. The van der Waals surface area contributed by atoms with Gasteiger partial charge in [0.15, 0.2) is 0 Å². The van der Waals surface area contributed by atoms with Crippen molar-refractivity contribution in [3.05, 3.63) is 52.7 Å². The van der Waals surface area contributed by atoms with E-state index in [1.54, 1.807) is 13.0 Å². The van der Waals surface area contributed by atoms with Gasteiger partial charge in [0.05, 0.1) is 15.7 Å². The smallest absolute Gasteiger partial charge is 0.244 e. The van der Waals surface area contributed by atoms with Crippen molar-refractivity contribution in [1.82, 2.24) is 19.8 Å². The number of aryl methyl sites for hydroxylation is 1. The molecule has 8 nitrogen and oxygen atoms in total. The number of sulfonamides is 1. The highest BCUT2D eigenvalue weighted by molar-refractivity contribution is 7.89. The Balaban J connectivity index is 1.28. The Kier molecular flexibility index (Phi) is 6.54. The molecule has 1 aromatic carbocycles. The van der Waals surface area contributed by atoms with E-state index in [0.717, 1.165) is 18.4 Å². The molecule has 34 heavy (non-hydrogen) atoms. The Bertz CT molecular complexity index is 1270. The molecule has 1 amide bonds. The molecule has 2 aliphatic rings. The topological polar surface area (TPSA) is 105 Å². The van der Waals surface area contributed by atoms with Gasteiger partial charge in [-0.3, -0.25) is 4.79 Å². The first-order valence-corrected chi connectivity index (χ1v) is 13.9. The fraction of sp³-hybridized carbons (Fsp3) is 0.458. The van der Waals surface area contributed by atoms with Crippen LogP contribution in [-0.2, 0) is 21.4 Å². The maximum absolute atomic E-state index is 13.5. The van der Waals surface area contributed by atoms with E-state index in [-0.39, 0.29) is 23.3 Å². The molecule has 1 saturated carbocycles. The Morgan fingerprint density at radius 2 is 2.00 bits per heavy atom. The second kappa shape index (κ2) is 9.59. The summed E-state index contributed by atoms with van der Waals surface area (Å²) in [6, 6.07) is 11.3. The lowest BCUT2D eigenvalue weighted by atomic mass is 9.85. The van der Waals surface area contributed by atoms with Crippen molar-refractivity contribution >= 4 is 27.3 Å². The molecule has 180 valence electrons. The lowest BCUT2D eigenvalue weighted by Gasteiger charge is -2.31. The van der Waals surface area contributed by atoms with Gasteiger partial charge in [0.1, 0.15) is 0 Å². The molecule has 0 spiro atoms. The van der Waals surface area contributed by atoms with Crippen molar-refractivity contribution in [2.75, 3.05) is 13.1 Å². The van der Waals surface area contributed by atoms with Crippen LogP contribution in [0.2, 0.25) is 0 Å². The molecular weight excluding hydrogens is 472 g/mol. The van der Waals surface area contributed by atoms with Crippen LogP contribution in [0.15, 0.2) is 45.8 Å². The van der Waals surface area contributed by atoms with Gasteiger partial charge in [0.25, 0.3) is 0 Å². The monoisotopic (exact) mass is 500 g/mol. The second-order valence-electron chi connectivity index (χ2n) is 9.02. The summed E-state index contributed by atoms with van der Waals surface area (Å²) >= 11 is 1.35. The third kappa shape index (κ3) is 4.67. The fourth-order valence-corrected chi connectivity index (χ4v) is 7.44. The van der Waals surface area contributed by atoms with E-state index >= 15 is 0 Å². The number of rotatable bonds is 7. The van der Waals surface area contributed by atoms with Crippen LogP contribution in [0, 0.1) is 12.8 Å². The molecule has 3 heterocycles. The quantitative estimate of drug-likeness (QED) is 0.524. The first-order valence-electron chi connectivity index (χ1n) is 11.7. The van der Waals surface area contributed by atoms with E-state index in [4.69, 9.17) is 4.52 Å². The number of hydrogen-bond acceptors (Lipinski definition) is 7. The zero-order valence-electron chi connectivity index (χ0n) is 19.1. The number of hydrogen-bond donors (Lipinski definition) is 1. The number of amides is 1. The molecule has 1 N–H and O–H groups in total. The number of carbonyl (C=O) groups excluding carboxylic acids is 1. The predicted molar refractivity (Wildman–Crippen MR) is 129 cm³/mol. The van der Waals surface area contributed by atoms with Gasteiger partial charge in [-0.2, -0.15) is 9.29 Å². The third-order valence-electron chi connectivity index (χ3n) is 6.67. The first-order chi connectivity index (χ1) is 16.4. The number of carbonyl (C=O) groups is 1. The van der Waals surface area contributed by atoms with Gasteiger partial charge in [-0.25, -0.2) is 8.42 Å². The first kappa shape index (κ1) is 23.2. The van der Waals surface area contributed by atoms with Crippen LogP contribution in [0.25, 0.3) is 10.7 Å². The maximum atomic E-state index is 13.5. The second-order valence-corrected chi connectivity index (χ2v) is 12.2. The maximum Gasteiger partial charge on any atom is 0.244 e. The van der Waals surface area contributed by atoms with Gasteiger partial charge < -0.3 is 9.84 Å². The molecule has 5 rings (SSSR count). The van der Waals surface area contributed by atoms with Crippen LogP contribution < -0.4 is 5.32 Å². The third-order valence-corrected chi connectivity index (χ3v) is 9.84. The average molecular weight is 501 g/mol. The molecular formula is C24H28N4O4S2. The Labute approximate surface area is 203 Å². The van der Waals surface area contributed by atoms with Crippen LogP contribution in [0.3, 0.4) is 0 Å². The average Bonchev–Trinajstić information content (AvgIpc) is 3.44. The molecule has 1 aliphatic heterocycles. The van der Waals surface area contributed by atoms with Crippen LogP contribution in [0.4, 0.5) is 0 Å². The van der Waals surface area contributed by atoms with Gasteiger partial charge in [-0.05, 0) is 44.2 Å². The predicted octanol–water partition coefficient (Wildman–Crippen LogP) is 4.09. The molecule has 0 bridgehead atoms. The molecule has 1 saturated heterocycles. The Morgan fingerprint density at radius 3 is 2.74 bits per heavy atom. The minimum absolute atomic E-state index is 0.109.